The first-order chi connectivity index (χ1) is 28.2. The highest BCUT2D eigenvalue weighted by atomic mass is 32.1. The molecule has 4 heterocycles. The van der Waals surface area contributed by atoms with Gasteiger partial charge in [0.1, 0.15) is 22.3 Å². The van der Waals surface area contributed by atoms with Gasteiger partial charge in [-0.3, -0.25) is 0 Å². The lowest BCUT2D eigenvalue weighted by Gasteiger charge is -2.11. The largest absolute Gasteiger partial charge is 0.456 e. The van der Waals surface area contributed by atoms with Crippen LogP contribution in [0.4, 0.5) is 0 Å². The molecule has 12 rings (SSSR count). The molecule has 0 aliphatic heterocycles. The minimum Gasteiger partial charge on any atom is -0.456 e. The van der Waals surface area contributed by atoms with Gasteiger partial charge in [0.2, 0.25) is 0 Å². The Hall–Kier alpha value is -7.41. The van der Waals surface area contributed by atoms with Crippen molar-refractivity contribution in [2.45, 2.75) is 0 Å². The second-order valence-corrected chi connectivity index (χ2v) is 15.4. The van der Waals surface area contributed by atoms with Crippen LogP contribution in [-0.4, -0.2) is 15.0 Å². The first-order valence-electron chi connectivity index (χ1n) is 18.9. The average molecular weight is 748 g/mol. The molecule has 57 heavy (non-hydrogen) atoms. The maximum absolute atomic E-state index is 6.33. The van der Waals surface area contributed by atoms with Crippen LogP contribution in [0.2, 0.25) is 0 Å². The number of fused-ring (bicyclic) bond motifs is 9. The molecule has 266 valence electrons. The normalized spacial score (nSPS) is 11.9. The van der Waals surface area contributed by atoms with Crippen LogP contribution in [-0.2, 0) is 0 Å². The van der Waals surface area contributed by atoms with E-state index in [9.17, 15) is 0 Å². The fraction of sp³-hybridized carbons (Fsp3) is 0. The van der Waals surface area contributed by atoms with Crippen LogP contribution in [0.1, 0.15) is 0 Å². The minimum atomic E-state index is 0.631. The van der Waals surface area contributed by atoms with Gasteiger partial charge in [0.15, 0.2) is 17.5 Å². The van der Waals surface area contributed by atoms with Gasteiger partial charge < -0.3 is 8.83 Å². The average Bonchev–Trinajstić information content (AvgIpc) is 3.96. The molecule has 0 unspecified atom stereocenters. The van der Waals surface area contributed by atoms with Crippen LogP contribution < -0.4 is 0 Å². The number of hydrogen-bond donors (Lipinski definition) is 0. The first-order valence-corrected chi connectivity index (χ1v) is 19.7. The van der Waals surface area contributed by atoms with Gasteiger partial charge in [-0.25, -0.2) is 15.0 Å². The van der Waals surface area contributed by atoms with Crippen LogP contribution in [0.15, 0.2) is 185 Å². The van der Waals surface area contributed by atoms with Crippen molar-refractivity contribution in [1.29, 1.82) is 0 Å². The number of hydrogen-bond acceptors (Lipinski definition) is 6. The Labute approximate surface area is 330 Å². The van der Waals surface area contributed by atoms with Gasteiger partial charge in [-0.1, -0.05) is 121 Å². The van der Waals surface area contributed by atoms with E-state index in [0.717, 1.165) is 82.8 Å². The molecule has 0 atom stereocenters. The topological polar surface area (TPSA) is 65.0 Å². The summed E-state index contributed by atoms with van der Waals surface area (Å²) in [5.41, 5.74) is 10.7. The summed E-state index contributed by atoms with van der Waals surface area (Å²) in [7, 11) is 0. The molecule has 5 nitrogen and oxygen atoms in total. The summed E-state index contributed by atoms with van der Waals surface area (Å²) in [6.45, 7) is 0. The third kappa shape index (κ3) is 5.26. The van der Waals surface area contributed by atoms with Gasteiger partial charge in [0.05, 0.1) is 0 Å². The number of rotatable bonds is 5. The highest BCUT2D eigenvalue weighted by molar-refractivity contribution is 7.26. The Balaban J connectivity index is 0.953. The van der Waals surface area contributed by atoms with Gasteiger partial charge in [-0.2, -0.15) is 0 Å². The second kappa shape index (κ2) is 12.6. The Bertz CT molecular complexity index is 3540. The number of thiophene rings is 1. The molecular formula is C51H29N3O2S. The van der Waals surface area contributed by atoms with Crippen molar-refractivity contribution in [3.63, 3.8) is 0 Å². The van der Waals surface area contributed by atoms with E-state index in [-0.39, 0.29) is 0 Å². The SMILES string of the molecule is c1ccc(-c2nc(-c3cccc(-c4cccc(-c5ccc6oc7cc8oc9ccccc9c8cc7c6c5)c4)c3)nc(-c3cccc4c3sc3ccccc34)n2)cc1. The number of aromatic nitrogens is 3. The first kappa shape index (κ1) is 31.9. The van der Waals surface area contributed by atoms with Crippen LogP contribution in [0.25, 0.3) is 120 Å². The molecule has 6 heteroatoms. The Kier molecular flexibility index (Phi) is 7.03. The fourth-order valence-electron chi connectivity index (χ4n) is 8.16. The highest BCUT2D eigenvalue weighted by Crippen LogP contribution is 2.41. The quantitative estimate of drug-likeness (QED) is 0.175. The van der Waals surface area contributed by atoms with E-state index in [4.69, 9.17) is 23.8 Å². The molecule has 0 radical (unpaired) electrons. The van der Waals surface area contributed by atoms with Crippen molar-refractivity contribution in [3.05, 3.63) is 176 Å². The van der Waals surface area contributed by atoms with Gasteiger partial charge >= 0.3 is 0 Å². The number of nitrogens with zero attached hydrogens (tertiary/aromatic N) is 3. The lowest BCUT2D eigenvalue weighted by atomic mass is 9.97. The molecule has 0 bridgehead atoms. The Morgan fingerprint density at radius 1 is 0.316 bits per heavy atom. The molecule has 0 fully saturated rings. The number of furan rings is 2. The van der Waals surface area contributed by atoms with E-state index in [2.05, 4.69) is 133 Å². The van der Waals surface area contributed by atoms with E-state index in [1.54, 1.807) is 11.3 Å². The monoisotopic (exact) mass is 747 g/mol. The summed E-state index contributed by atoms with van der Waals surface area (Å²) in [5, 5.41) is 6.80. The minimum absolute atomic E-state index is 0.631. The van der Waals surface area contributed by atoms with Gasteiger partial charge in [0, 0.05) is 64.5 Å². The molecule has 4 aromatic heterocycles. The maximum atomic E-state index is 6.33. The molecule has 12 aromatic rings. The summed E-state index contributed by atoms with van der Waals surface area (Å²) in [6.07, 6.45) is 0. The molecule has 0 spiro atoms. The Morgan fingerprint density at radius 2 is 0.860 bits per heavy atom. The van der Waals surface area contributed by atoms with E-state index in [1.807, 2.05) is 42.5 Å². The zero-order valence-corrected chi connectivity index (χ0v) is 31.1. The van der Waals surface area contributed by atoms with Crippen LogP contribution >= 0.6 is 11.3 Å². The van der Waals surface area contributed by atoms with Gasteiger partial charge in [-0.15, -0.1) is 11.3 Å². The smallest absolute Gasteiger partial charge is 0.165 e. The van der Waals surface area contributed by atoms with Crippen LogP contribution in [0, 0.1) is 0 Å². The number of benzene rings is 8. The fourth-order valence-corrected chi connectivity index (χ4v) is 9.37. The van der Waals surface area contributed by atoms with E-state index < -0.39 is 0 Å². The second-order valence-electron chi connectivity index (χ2n) is 14.4. The van der Waals surface area contributed by atoms with Crippen molar-refractivity contribution in [3.8, 4) is 56.4 Å². The summed E-state index contributed by atoms with van der Waals surface area (Å²) >= 11 is 1.78. The molecule has 0 saturated heterocycles. The molecule has 0 aliphatic rings. The van der Waals surface area contributed by atoms with E-state index >= 15 is 0 Å². The molecule has 8 aromatic carbocycles. The van der Waals surface area contributed by atoms with Crippen LogP contribution in [0.5, 0.6) is 0 Å². The molecule has 0 saturated carbocycles. The summed E-state index contributed by atoms with van der Waals surface area (Å²) in [5.74, 6) is 1.93. The maximum Gasteiger partial charge on any atom is 0.165 e. The van der Waals surface area contributed by atoms with Crippen molar-refractivity contribution in [2.24, 2.45) is 0 Å². The third-order valence-electron chi connectivity index (χ3n) is 10.9. The standard InChI is InChI=1S/C51H29N3O2S/c1-2-11-30(12-3-1)49-52-50(54-51(53-49)39-20-10-19-38-37-18-5-7-22-47(37)57-48(38)39)35-16-9-15-33(26-35)31-13-8-14-32(25-31)34-23-24-44-40(27-34)42-28-41-36-17-4-6-21-43(36)55-45(41)29-46(42)56-44/h1-29H. The molecule has 0 amide bonds. The Morgan fingerprint density at radius 3 is 1.67 bits per heavy atom. The summed E-state index contributed by atoms with van der Waals surface area (Å²) in [4.78, 5) is 15.3. The summed E-state index contributed by atoms with van der Waals surface area (Å²) < 4.78 is 14.9. The lowest BCUT2D eigenvalue weighted by Crippen LogP contribution is -2.00. The van der Waals surface area contributed by atoms with Crippen molar-refractivity contribution in [1.82, 2.24) is 15.0 Å². The zero-order chi connectivity index (χ0) is 37.5. The van der Waals surface area contributed by atoms with Gasteiger partial charge in [0.25, 0.3) is 0 Å². The summed E-state index contributed by atoms with van der Waals surface area (Å²) in [6, 6.07) is 61.1. The zero-order valence-electron chi connectivity index (χ0n) is 30.3. The third-order valence-corrected chi connectivity index (χ3v) is 12.2. The van der Waals surface area contributed by atoms with E-state index in [0.29, 0.717) is 17.5 Å². The number of para-hydroxylation sites is 1. The molecular weight excluding hydrogens is 719 g/mol. The highest BCUT2D eigenvalue weighted by Gasteiger charge is 2.18. The van der Waals surface area contributed by atoms with Crippen molar-refractivity contribution in [2.75, 3.05) is 0 Å². The predicted molar refractivity (Wildman–Crippen MR) is 234 cm³/mol. The lowest BCUT2D eigenvalue weighted by molar-refractivity contribution is 0.656. The van der Waals surface area contributed by atoms with Crippen molar-refractivity contribution >= 4 is 75.4 Å². The van der Waals surface area contributed by atoms with E-state index in [1.165, 1.54) is 20.2 Å². The predicted octanol–water partition coefficient (Wildman–Crippen LogP) is 14.4. The van der Waals surface area contributed by atoms with Gasteiger partial charge in [-0.05, 0) is 70.8 Å². The molecule has 0 N–H and O–H groups in total. The van der Waals surface area contributed by atoms with Crippen LogP contribution in [0.3, 0.4) is 0 Å². The molecule has 0 aliphatic carbocycles. The van der Waals surface area contributed by atoms with Crippen molar-refractivity contribution < 1.29 is 8.83 Å².